The predicted molar refractivity (Wildman–Crippen MR) is 78.1 cm³/mol. The molecule has 1 aromatic heterocycles. The molecule has 0 aliphatic heterocycles. The first-order valence-corrected chi connectivity index (χ1v) is 7.42. The van der Waals surface area contributed by atoms with Gasteiger partial charge in [-0.1, -0.05) is 13.3 Å². The zero-order valence-electron chi connectivity index (χ0n) is 11.4. The first kappa shape index (κ1) is 12.8. The maximum atomic E-state index is 5.91. The zero-order chi connectivity index (χ0) is 13.4. The van der Waals surface area contributed by atoms with Crippen LogP contribution in [0.5, 0.6) is 5.75 Å². The number of aryl methyl sites for hydroxylation is 1. The lowest BCUT2D eigenvalue weighted by atomic mass is 10.2. The van der Waals surface area contributed by atoms with Crippen LogP contribution in [0.25, 0.3) is 11.0 Å². The average Bonchev–Trinajstić information content (AvgIpc) is 3.12. The van der Waals surface area contributed by atoms with Crippen molar-refractivity contribution in [2.24, 2.45) is 5.92 Å². The summed E-state index contributed by atoms with van der Waals surface area (Å²) in [6.07, 6.45) is 3.31. The predicted octanol–water partition coefficient (Wildman–Crippen LogP) is 3.80. The van der Waals surface area contributed by atoms with Gasteiger partial charge in [0, 0.05) is 24.4 Å². The van der Waals surface area contributed by atoms with Gasteiger partial charge in [-0.2, -0.15) is 0 Å². The van der Waals surface area contributed by atoms with Gasteiger partial charge < -0.3 is 9.30 Å². The van der Waals surface area contributed by atoms with E-state index in [2.05, 4.69) is 17.6 Å². The number of halogens is 1. The van der Waals surface area contributed by atoms with Crippen molar-refractivity contribution in [3.05, 3.63) is 24.0 Å². The molecule has 0 spiro atoms. The number of alkyl halides is 1. The van der Waals surface area contributed by atoms with Gasteiger partial charge in [0.15, 0.2) is 0 Å². The van der Waals surface area contributed by atoms with Crippen LogP contribution in [0.3, 0.4) is 0 Å². The lowest BCUT2D eigenvalue weighted by Crippen LogP contribution is -2.04. The SMILES string of the molecule is CCC1CC1n1c(CCCl)nc2ccc(OC)cc21. The molecule has 0 bridgehead atoms. The molecule has 3 rings (SSSR count). The van der Waals surface area contributed by atoms with Gasteiger partial charge in [0.05, 0.1) is 18.1 Å². The van der Waals surface area contributed by atoms with E-state index >= 15 is 0 Å². The minimum atomic E-state index is 0.598. The van der Waals surface area contributed by atoms with Crippen molar-refractivity contribution in [2.75, 3.05) is 13.0 Å². The van der Waals surface area contributed by atoms with Crippen LogP contribution < -0.4 is 4.74 Å². The number of hydrogen-bond donors (Lipinski definition) is 0. The summed E-state index contributed by atoms with van der Waals surface area (Å²) in [4.78, 5) is 4.73. The summed E-state index contributed by atoms with van der Waals surface area (Å²) in [7, 11) is 1.70. The summed E-state index contributed by atoms with van der Waals surface area (Å²) in [5.41, 5.74) is 2.23. The van der Waals surface area contributed by atoms with E-state index in [1.807, 2.05) is 12.1 Å². The molecule has 1 fully saturated rings. The molecule has 0 saturated heterocycles. The van der Waals surface area contributed by atoms with Crippen molar-refractivity contribution in [3.63, 3.8) is 0 Å². The molecular formula is C15H19ClN2O. The number of rotatable bonds is 5. The Balaban J connectivity index is 2.10. The second-order valence-corrected chi connectivity index (χ2v) is 5.54. The molecule has 1 heterocycles. The van der Waals surface area contributed by atoms with Gasteiger partial charge in [-0.25, -0.2) is 4.98 Å². The standard InChI is InChI=1S/C15H19ClN2O/c1-3-10-8-13(10)18-14-9-11(19-2)4-5-12(14)17-15(18)6-7-16/h4-5,9-10,13H,3,6-8H2,1-2H3. The van der Waals surface area contributed by atoms with Gasteiger partial charge in [-0.15, -0.1) is 11.6 Å². The maximum absolute atomic E-state index is 5.91. The fraction of sp³-hybridized carbons (Fsp3) is 0.533. The third-order valence-electron chi connectivity index (χ3n) is 4.03. The fourth-order valence-electron chi connectivity index (χ4n) is 2.87. The fourth-order valence-corrected chi connectivity index (χ4v) is 3.04. The highest BCUT2D eigenvalue weighted by Gasteiger charge is 2.39. The molecule has 2 aromatic rings. The summed E-state index contributed by atoms with van der Waals surface area (Å²) in [6.45, 7) is 2.26. The highest BCUT2D eigenvalue weighted by Crippen LogP contribution is 2.47. The smallest absolute Gasteiger partial charge is 0.121 e. The number of imidazole rings is 1. The van der Waals surface area contributed by atoms with E-state index in [0.29, 0.717) is 11.9 Å². The molecule has 1 aliphatic rings. The van der Waals surface area contributed by atoms with Crippen LogP contribution in [0.2, 0.25) is 0 Å². The second kappa shape index (κ2) is 5.04. The largest absolute Gasteiger partial charge is 0.497 e. The van der Waals surface area contributed by atoms with Crippen molar-refractivity contribution >= 4 is 22.6 Å². The quantitative estimate of drug-likeness (QED) is 0.778. The van der Waals surface area contributed by atoms with Gasteiger partial charge in [-0.05, 0) is 24.5 Å². The Hall–Kier alpha value is -1.22. The highest BCUT2D eigenvalue weighted by atomic mass is 35.5. The third-order valence-corrected chi connectivity index (χ3v) is 4.22. The number of ether oxygens (including phenoxy) is 1. The summed E-state index contributed by atoms with van der Waals surface area (Å²) in [5, 5.41) is 0. The van der Waals surface area contributed by atoms with Crippen molar-refractivity contribution in [3.8, 4) is 5.75 Å². The van der Waals surface area contributed by atoms with Crippen LogP contribution in [0.15, 0.2) is 18.2 Å². The van der Waals surface area contributed by atoms with E-state index in [9.17, 15) is 0 Å². The Morgan fingerprint density at radius 2 is 2.32 bits per heavy atom. The van der Waals surface area contributed by atoms with E-state index in [0.717, 1.165) is 29.4 Å². The molecule has 0 amide bonds. The summed E-state index contributed by atoms with van der Waals surface area (Å²) in [6, 6.07) is 6.69. The minimum absolute atomic E-state index is 0.598. The van der Waals surface area contributed by atoms with Gasteiger partial charge >= 0.3 is 0 Å². The molecule has 102 valence electrons. The van der Waals surface area contributed by atoms with E-state index in [1.165, 1.54) is 18.4 Å². The molecule has 4 heteroatoms. The third kappa shape index (κ3) is 2.20. The van der Waals surface area contributed by atoms with Crippen LogP contribution in [-0.2, 0) is 6.42 Å². The highest BCUT2D eigenvalue weighted by molar-refractivity contribution is 6.17. The van der Waals surface area contributed by atoms with Gasteiger partial charge in [0.2, 0.25) is 0 Å². The summed E-state index contributed by atoms with van der Waals surface area (Å²) in [5.74, 6) is 3.40. The van der Waals surface area contributed by atoms with E-state index in [1.54, 1.807) is 7.11 Å². The van der Waals surface area contributed by atoms with Crippen molar-refractivity contribution in [1.82, 2.24) is 9.55 Å². The molecule has 3 nitrogen and oxygen atoms in total. The molecule has 19 heavy (non-hydrogen) atoms. The van der Waals surface area contributed by atoms with Crippen LogP contribution in [0.1, 0.15) is 31.6 Å². The van der Waals surface area contributed by atoms with Gasteiger partial charge in [0.25, 0.3) is 0 Å². The van der Waals surface area contributed by atoms with Crippen LogP contribution in [-0.4, -0.2) is 22.5 Å². The number of benzene rings is 1. The molecule has 0 radical (unpaired) electrons. The van der Waals surface area contributed by atoms with Crippen molar-refractivity contribution in [1.29, 1.82) is 0 Å². The van der Waals surface area contributed by atoms with E-state index < -0.39 is 0 Å². The van der Waals surface area contributed by atoms with Crippen molar-refractivity contribution < 1.29 is 4.74 Å². The topological polar surface area (TPSA) is 27.1 Å². The lowest BCUT2D eigenvalue weighted by molar-refractivity contribution is 0.415. The normalized spacial score (nSPS) is 21.8. The first-order valence-electron chi connectivity index (χ1n) is 6.89. The molecule has 0 N–H and O–H groups in total. The van der Waals surface area contributed by atoms with Gasteiger partial charge in [0.1, 0.15) is 11.6 Å². The van der Waals surface area contributed by atoms with Crippen LogP contribution in [0, 0.1) is 5.92 Å². The summed E-state index contributed by atoms with van der Waals surface area (Å²) >= 11 is 5.91. The Kier molecular flexibility index (Phi) is 3.40. The van der Waals surface area contributed by atoms with Crippen molar-refractivity contribution in [2.45, 2.75) is 32.2 Å². The molecular weight excluding hydrogens is 260 g/mol. The Morgan fingerprint density at radius 1 is 1.47 bits per heavy atom. The maximum Gasteiger partial charge on any atom is 0.121 e. The molecule has 2 atom stereocenters. The number of fused-ring (bicyclic) bond motifs is 1. The van der Waals surface area contributed by atoms with Crippen LogP contribution in [0.4, 0.5) is 0 Å². The second-order valence-electron chi connectivity index (χ2n) is 5.16. The number of hydrogen-bond acceptors (Lipinski definition) is 2. The summed E-state index contributed by atoms with van der Waals surface area (Å²) < 4.78 is 7.72. The number of nitrogens with zero attached hydrogens (tertiary/aromatic N) is 2. The zero-order valence-corrected chi connectivity index (χ0v) is 12.2. The molecule has 1 saturated carbocycles. The van der Waals surface area contributed by atoms with Crippen LogP contribution >= 0.6 is 11.6 Å². The van der Waals surface area contributed by atoms with E-state index in [4.69, 9.17) is 21.3 Å². The van der Waals surface area contributed by atoms with E-state index in [-0.39, 0.29) is 0 Å². The Labute approximate surface area is 118 Å². The minimum Gasteiger partial charge on any atom is -0.497 e. The lowest BCUT2D eigenvalue weighted by Gasteiger charge is -2.08. The molecule has 1 aliphatic carbocycles. The average molecular weight is 279 g/mol. The monoisotopic (exact) mass is 278 g/mol. The van der Waals surface area contributed by atoms with Gasteiger partial charge in [-0.3, -0.25) is 0 Å². The first-order chi connectivity index (χ1) is 9.28. The number of aromatic nitrogens is 2. The number of methoxy groups -OCH3 is 1. The molecule has 1 aromatic carbocycles. The molecule has 2 unspecified atom stereocenters. The Bertz CT molecular complexity index is 593. The Morgan fingerprint density at radius 3 is 2.95 bits per heavy atom.